The number of likely N-dealkylation sites (N-methyl/N-ethyl adjacent to an activating group) is 1. The summed E-state index contributed by atoms with van der Waals surface area (Å²) in [6.45, 7) is 2.41. The summed E-state index contributed by atoms with van der Waals surface area (Å²) < 4.78 is 7.32. The van der Waals surface area contributed by atoms with E-state index in [1.54, 1.807) is 17.1 Å². The molecule has 0 N–H and O–H groups in total. The lowest BCUT2D eigenvalue weighted by Gasteiger charge is -2.31. The molecule has 1 fully saturated rings. The Hall–Kier alpha value is -1.20. The first kappa shape index (κ1) is 9.36. The second kappa shape index (κ2) is 3.89. The number of hydrogen-bond acceptors (Lipinski definition) is 4. The third-order valence-corrected chi connectivity index (χ3v) is 2.38. The molecule has 2 rings (SSSR count). The van der Waals surface area contributed by atoms with Gasteiger partial charge in [-0.2, -0.15) is 0 Å². The number of hydrogen-bond donors (Lipinski definition) is 0. The van der Waals surface area contributed by atoms with Crippen molar-refractivity contribution in [1.29, 1.82) is 0 Å². The molecule has 1 unspecified atom stereocenters. The molecule has 1 aliphatic rings. The van der Waals surface area contributed by atoms with Gasteiger partial charge in [-0.3, -0.25) is 9.69 Å². The van der Waals surface area contributed by atoms with Crippen molar-refractivity contribution in [1.82, 2.24) is 14.5 Å². The lowest BCUT2D eigenvalue weighted by atomic mass is 10.4. The molecule has 0 bridgehead atoms. The molecule has 2 heterocycles. The van der Waals surface area contributed by atoms with E-state index in [0.29, 0.717) is 12.3 Å². The van der Waals surface area contributed by atoms with Gasteiger partial charge in [-0.05, 0) is 7.05 Å². The first-order valence-corrected chi connectivity index (χ1v) is 4.58. The van der Waals surface area contributed by atoms with Gasteiger partial charge in [0.25, 0.3) is 0 Å². The lowest BCUT2D eigenvalue weighted by Crippen LogP contribution is -2.38. The summed E-state index contributed by atoms with van der Waals surface area (Å²) in [5.41, 5.74) is 0.560. The molecule has 0 aromatic carbocycles. The third kappa shape index (κ3) is 1.69. The van der Waals surface area contributed by atoms with E-state index in [9.17, 15) is 4.79 Å². The van der Waals surface area contributed by atoms with Crippen LogP contribution in [0.3, 0.4) is 0 Å². The number of rotatable bonds is 2. The zero-order chi connectivity index (χ0) is 9.97. The number of carbonyl (C=O) groups is 1. The molecule has 1 aromatic rings. The van der Waals surface area contributed by atoms with Crippen LogP contribution in [0.1, 0.15) is 16.7 Å². The maximum atomic E-state index is 10.7. The Morgan fingerprint density at radius 3 is 3.29 bits per heavy atom. The van der Waals surface area contributed by atoms with Crippen molar-refractivity contribution in [2.24, 2.45) is 0 Å². The minimum Gasteiger partial charge on any atom is -0.355 e. The van der Waals surface area contributed by atoms with Gasteiger partial charge in [0.15, 0.2) is 6.29 Å². The Bertz CT molecular complexity index is 324. The van der Waals surface area contributed by atoms with Crippen LogP contribution in [-0.2, 0) is 4.74 Å². The summed E-state index contributed by atoms with van der Waals surface area (Å²) in [5.74, 6) is 0. The Morgan fingerprint density at radius 1 is 1.71 bits per heavy atom. The average molecular weight is 195 g/mol. The Kier molecular flexibility index (Phi) is 2.60. The average Bonchev–Trinajstić information content (AvgIpc) is 2.65. The van der Waals surface area contributed by atoms with Crippen molar-refractivity contribution in [3.63, 3.8) is 0 Å². The maximum absolute atomic E-state index is 10.7. The van der Waals surface area contributed by atoms with E-state index in [0.717, 1.165) is 19.4 Å². The molecule has 14 heavy (non-hydrogen) atoms. The van der Waals surface area contributed by atoms with Crippen LogP contribution in [0.15, 0.2) is 12.5 Å². The number of nitrogens with zero attached hydrogens (tertiary/aromatic N) is 3. The van der Waals surface area contributed by atoms with Gasteiger partial charge in [0.2, 0.25) is 0 Å². The molecule has 0 aliphatic carbocycles. The first-order valence-electron chi connectivity index (χ1n) is 4.58. The first-order chi connectivity index (χ1) is 6.81. The number of ether oxygens (including phenoxy) is 1. The van der Waals surface area contributed by atoms with Crippen LogP contribution < -0.4 is 0 Å². The fourth-order valence-electron chi connectivity index (χ4n) is 1.57. The molecule has 76 valence electrons. The Balaban J connectivity index is 2.17. The van der Waals surface area contributed by atoms with Gasteiger partial charge in [0.05, 0.1) is 19.1 Å². The van der Waals surface area contributed by atoms with E-state index in [-0.39, 0.29) is 6.23 Å². The van der Waals surface area contributed by atoms with E-state index < -0.39 is 0 Å². The molecule has 0 saturated carbocycles. The summed E-state index contributed by atoms with van der Waals surface area (Å²) >= 11 is 0. The molecule has 5 heteroatoms. The molecule has 1 atom stereocenters. The molecule has 1 saturated heterocycles. The number of carbonyl (C=O) groups excluding carboxylic acids is 1. The molecule has 0 radical (unpaired) electrons. The van der Waals surface area contributed by atoms with Gasteiger partial charge in [0, 0.05) is 13.1 Å². The highest BCUT2D eigenvalue weighted by molar-refractivity contribution is 5.71. The minimum absolute atomic E-state index is 0.0866. The van der Waals surface area contributed by atoms with E-state index in [2.05, 4.69) is 9.88 Å². The summed E-state index contributed by atoms with van der Waals surface area (Å²) in [4.78, 5) is 16.8. The second-order valence-electron chi connectivity index (χ2n) is 3.43. The largest absolute Gasteiger partial charge is 0.355 e. The summed E-state index contributed by atoms with van der Waals surface area (Å²) in [7, 11) is 2.03. The van der Waals surface area contributed by atoms with Gasteiger partial charge in [-0.15, -0.1) is 0 Å². The molecule has 0 amide bonds. The van der Waals surface area contributed by atoms with E-state index >= 15 is 0 Å². The highest BCUT2D eigenvalue weighted by atomic mass is 16.5. The maximum Gasteiger partial charge on any atom is 0.168 e. The molecular weight excluding hydrogens is 182 g/mol. The lowest BCUT2D eigenvalue weighted by molar-refractivity contribution is -0.0620. The molecular formula is C9H13N3O2. The molecule has 0 spiro atoms. The normalized spacial score (nSPS) is 23.6. The van der Waals surface area contributed by atoms with Gasteiger partial charge >= 0.3 is 0 Å². The van der Waals surface area contributed by atoms with Crippen LogP contribution >= 0.6 is 0 Å². The van der Waals surface area contributed by atoms with Gasteiger partial charge in [0.1, 0.15) is 11.9 Å². The molecule has 5 nitrogen and oxygen atoms in total. The van der Waals surface area contributed by atoms with Crippen LogP contribution in [0.4, 0.5) is 0 Å². The summed E-state index contributed by atoms with van der Waals surface area (Å²) in [6, 6.07) is 0. The van der Waals surface area contributed by atoms with Crippen LogP contribution in [-0.4, -0.2) is 47.5 Å². The van der Waals surface area contributed by atoms with E-state index in [1.165, 1.54) is 0 Å². The van der Waals surface area contributed by atoms with E-state index in [4.69, 9.17) is 4.74 Å². The van der Waals surface area contributed by atoms with Gasteiger partial charge < -0.3 is 9.30 Å². The van der Waals surface area contributed by atoms with Gasteiger partial charge in [-0.25, -0.2) is 4.98 Å². The van der Waals surface area contributed by atoms with Crippen molar-refractivity contribution < 1.29 is 9.53 Å². The van der Waals surface area contributed by atoms with Crippen molar-refractivity contribution in [2.75, 3.05) is 26.7 Å². The smallest absolute Gasteiger partial charge is 0.168 e. The predicted molar refractivity (Wildman–Crippen MR) is 50.1 cm³/mol. The SMILES string of the molecule is CN1CCOC(n2cncc2C=O)C1. The van der Waals surface area contributed by atoms with Gasteiger partial charge in [-0.1, -0.05) is 0 Å². The number of imidazole rings is 1. The van der Waals surface area contributed by atoms with Crippen molar-refractivity contribution in [3.8, 4) is 0 Å². The predicted octanol–water partition coefficient (Wildman–Crippen LogP) is 0.156. The van der Waals surface area contributed by atoms with Crippen LogP contribution in [0.2, 0.25) is 0 Å². The Morgan fingerprint density at radius 2 is 2.57 bits per heavy atom. The Labute approximate surface area is 82.3 Å². The van der Waals surface area contributed by atoms with Crippen molar-refractivity contribution in [3.05, 3.63) is 18.2 Å². The molecule has 1 aliphatic heterocycles. The number of aldehydes is 1. The van der Waals surface area contributed by atoms with E-state index in [1.807, 2.05) is 7.05 Å². The second-order valence-corrected chi connectivity index (χ2v) is 3.43. The third-order valence-electron chi connectivity index (χ3n) is 2.38. The zero-order valence-corrected chi connectivity index (χ0v) is 8.09. The number of morpholine rings is 1. The summed E-state index contributed by atoms with van der Waals surface area (Å²) in [5, 5.41) is 0. The van der Waals surface area contributed by atoms with Crippen molar-refractivity contribution in [2.45, 2.75) is 6.23 Å². The standard InChI is InChI=1S/C9H13N3O2/c1-11-2-3-14-9(5-11)12-7-10-4-8(12)6-13/h4,6-7,9H,2-3,5H2,1H3. The fraction of sp³-hybridized carbons (Fsp3) is 0.556. The number of aromatic nitrogens is 2. The zero-order valence-electron chi connectivity index (χ0n) is 8.09. The monoisotopic (exact) mass is 195 g/mol. The minimum atomic E-state index is -0.0866. The van der Waals surface area contributed by atoms with Crippen molar-refractivity contribution >= 4 is 6.29 Å². The van der Waals surface area contributed by atoms with Crippen LogP contribution in [0.5, 0.6) is 0 Å². The molecule has 1 aromatic heterocycles. The highest BCUT2D eigenvalue weighted by Crippen LogP contribution is 2.15. The fourth-order valence-corrected chi connectivity index (χ4v) is 1.57. The van der Waals surface area contributed by atoms with Crippen LogP contribution in [0.25, 0.3) is 0 Å². The summed E-state index contributed by atoms with van der Waals surface area (Å²) in [6.07, 6.45) is 3.89. The highest BCUT2D eigenvalue weighted by Gasteiger charge is 2.20. The quantitative estimate of drug-likeness (QED) is 0.630. The van der Waals surface area contributed by atoms with Crippen LogP contribution in [0, 0.1) is 0 Å². The topological polar surface area (TPSA) is 47.4 Å².